The van der Waals surface area contributed by atoms with Crippen molar-refractivity contribution in [1.29, 1.82) is 0 Å². The maximum atomic E-state index is 11.4. The largest absolute Gasteiger partial charge is 0.351 e. The van der Waals surface area contributed by atoms with Gasteiger partial charge in [-0.1, -0.05) is 0 Å². The molecule has 0 aromatic carbocycles. The Kier molecular flexibility index (Phi) is 3.76. The number of carbonyl (C=O) groups excluding carboxylic acids is 1. The van der Waals surface area contributed by atoms with Crippen LogP contribution in [0.5, 0.6) is 0 Å². The van der Waals surface area contributed by atoms with Crippen LogP contribution in [0.1, 0.15) is 16.9 Å². The van der Waals surface area contributed by atoms with E-state index in [-0.39, 0.29) is 5.91 Å². The van der Waals surface area contributed by atoms with Crippen LogP contribution in [-0.4, -0.2) is 28.1 Å². The zero-order valence-electron chi connectivity index (χ0n) is 7.46. The summed E-state index contributed by atoms with van der Waals surface area (Å²) in [5, 5.41) is 6.64. The third kappa shape index (κ3) is 2.73. The van der Waals surface area contributed by atoms with Crippen LogP contribution in [0.4, 0.5) is 0 Å². The van der Waals surface area contributed by atoms with Crippen LogP contribution in [0.3, 0.4) is 0 Å². The van der Waals surface area contributed by atoms with Crippen molar-refractivity contribution in [2.24, 2.45) is 7.05 Å². The van der Waals surface area contributed by atoms with E-state index in [0.717, 1.165) is 6.42 Å². The second-order valence-electron chi connectivity index (χ2n) is 2.64. The maximum absolute atomic E-state index is 11.4. The average molecular weight is 202 g/mol. The van der Waals surface area contributed by atoms with Crippen LogP contribution in [0.25, 0.3) is 0 Å². The molecule has 0 bridgehead atoms. The van der Waals surface area contributed by atoms with E-state index in [4.69, 9.17) is 11.6 Å². The second-order valence-corrected chi connectivity index (χ2v) is 3.02. The molecule has 0 radical (unpaired) electrons. The number of hydrogen-bond acceptors (Lipinski definition) is 2. The minimum absolute atomic E-state index is 0.106. The van der Waals surface area contributed by atoms with E-state index >= 15 is 0 Å². The van der Waals surface area contributed by atoms with Crippen molar-refractivity contribution in [3.63, 3.8) is 0 Å². The SMILES string of the molecule is Cn1nccc1C(=O)NCCCCl. The van der Waals surface area contributed by atoms with Gasteiger partial charge in [-0.05, 0) is 12.5 Å². The first-order chi connectivity index (χ1) is 6.25. The number of nitrogens with one attached hydrogen (secondary N) is 1. The molecule has 0 aliphatic rings. The lowest BCUT2D eigenvalue weighted by atomic mass is 10.4. The zero-order valence-corrected chi connectivity index (χ0v) is 8.21. The lowest BCUT2D eigenvalue weighted by molar-refractivity contribution is 0.0944. The number of hydrogen-bond donors (Lipinski definition) is 1. The first-order valence-corrected chi connectivity index (χ1v) is 4.61. The summed E-state index contributed by atoms with van der Waals surface area (Å²) >= 11 is 5.47. The molecule has 1 heterocycles. The van der Waals surface area contributed by atoms with Crippen LogP contribution < -0.4 is 5.32 Å². The van der Waals surface area contributed by atoms with Crippen LogP contribution >= 0.6 is 11.6 Å². The van der Waals surface area contributed by atoms with E-state index in [1.165, 1.54) is 4.68 Å². The van der Waals surface area contributed by atoms with Gasteiger partial charge < -0.3 is 5.32 Å². The van der Waals surface area contributed by atoms with Gasteiger partial charge in [0.05, 0.1) is 0 Å². The summed E-state index contributed by atoms with van der Waals surface area (Å²) in [6, 6.07) is 1.68. The summed E-state index contributed by atoms with van der Waals surface area (Å²) in [5.41, 5.74) is 0.564. The van der Waals surface area contributed by atoms with Gasteiger partial charge >= 0.3 is 0 Å². The van der Waals surface area contributed by atoms with Crippen LogP contribution in [0.2, 0.25) is 0 Å². The molecule has 72 valence electrons. The molecule has 0 aliphatic heterocycles. The summed E-state index contributed by atoms with van der Waals surface area (Å²) in [6.45, 7) is 0.605. The Bertz CT molecular complexity index is 285. The van der Waals surface area contributed by atoms with E-state index < -0.39 is 0 Å². The highest BCUT2D eigenvalue weighted by Gasteiger charge is 2.07. The summed E-state index contributed by atoms with van der Waals surface area (Å²) < 4.78 is 1.54. The van der Waals surface area contributed by atoms with Crippen LogP contribution in [0.15, 0.2) is 12.3 Å². The van der Waals surface area contributed by atoms with Gasteiger partial charge in [-0.25, -0.2) is 0 Å². The zero-order chi connectivity index (χ0) is 9.68. The molecule has 1 aromatic rings. The minimum atomic E-state index is -0.106. The molecule has 1 amide bonds. The molecule has 1 N–H and O–H groups in total. The predicted octanol–water partition coefficient (Wildman–Crippen LogP) is 0.779. The van der Waals surface area contributed by atoms with Crippen molar-refractivity contribution >= 4 is 17.5 Å². The summed E-state index contributed by atoms with van der Waals surface area (Å²) in [7, 11) is 1.73. The van der Waals surface area contributed by atoms with Crippen molar-refractivity contribution in [3.8, 4) is 0 Å². The lowest BCUT2D eigenvalue weighted by Crippen LogP contribution is -2.26. The topological polar surface area (TPSA) is 46.9 Å². The average Bonchev–Trinajstić information content (AvgIpc) is 2.52. The Morgan fingerprint density at radius 2 is 2.54 bits per heavy atom. The lowest BCUT2D eigenvalue weighted by Gasteiger charge is -2.03. The van der Waals surface area contributed by atoms with E-state index in [9.17, 15) is 4.79 Å². The summed E-state index contributed by atoms with van der Waals surface area (Å²) in [4.78, 5) is 11.4. The number of nitrogens with zero attached hydrogens (tertiary/aromatic N) is 2. The number of alkyl halides is 1. The predicted molar refractivity (Wildman–Crippen MR) is 50.9 cm³/mol. The molecule has 0 fully saturated rings. The van der Waals surface area contributed by atoms with Crippen LogP contribution in [-0.2, 0) is 7.05 Å². The molecule has 0 atom stereocenters. The monoisotopic (exact) mass is 201 g/mol. The molecule has 1 rings (SSSR count). The number of rotatable bonds is 4. The number of aryl methyl sites for hydroxylation is 1. The molecule has 0 spiro atoms. The molecular weight excluding hydrogens is 190 g/mol. The van der Waals surface area contributed by atoms with Crippen LogP contribution in [0, 0.1) is 0 Å². The normalized spacial score (nSPS) is 10.0. The van der Waals surface area contributed by atoms with Gasteiger partial charge in [-0.3, -0.25) is 9.48 Å². The van der Waals surface area contributed by atoms with Gasteiger partial charge in [-0.2, -0.15) is 5.10 Å². The molecule has 5 heteroatoms. The van der Waals surface area contributed by atoms with Crippen molar-refractivity contribution in [3.05, 3.63) is 18.0 Å². The molecule has 4 nitrogen and oxygen atoms in total. The minimum Gasteiger partial charge on any atom is -0.351 e. The van der Waals surface area contributed by atoms with Gasteiger partial charge in [-0.15, -0.1) is 11.6 Å². The third-order valence-electron chi connectivity index (χ3n) is 1.65. The molecule has 0 aliphatic carbocycles. The molecule has 0 unspecified atom stereocenters. The Morgan fingerprint density at radius 3 is 3.08 bits per heavy atom. The molecular formula is C8H12ClN3O. The number of amides is 1. The second kappa shape index (κ2) is 4.87. The van der Waals surface area contributed by atoms with E-state index in [0.29, 0.717) is 18.1 Å². The first-order valence-electron chi connectivity index (χ1n) is 4.08. The van der Waals surface area contributed by atoms with Crippen molar-refractivity contribution < 1.29 is 4.79 Å². The third-order valence-corrected chi connectivity index (χ3v) is 1.92. The fourth-order valence-corrected chi connectivity index (χ4v) is 1.09. The van der Waals surface area contributed by atoms with Gasteiger partial charge in [0.2, 0.25) is 0 Å². The van der Waals surface area contributed by atoms with Crippen molar-refractivity contribution in [1.82, 2.24) is 15.1 Å². The fraction of sp³-hybridized carbons (Fsp3) is 0.500. The summed E-state index contributed by atoms with van der Waals surface area (Å²) in [5.74, 6) is 0.455. The first kappa shape index (κ1) is 10.1. The van der Waals surface area contributed by atoms with Gasteiger partial charge in [0.1, 0.15) is 5.69 Å². The standard InChI is InChI=1S/C8H12ClN3O/c1-12-7(3-6-11-12)8(13)10-5-2-4-9/h3,6H,2,4-5H2,1H3,(H,10,13). The highest BCUT2D eigenvalue weighted by molar-refractivity contribution is 6.17. The highest BCUT2D eigenvalue weighted by Crippen LogP contribution is 1.95. The molecule has 0 saturated carbocycles. The molecule has 0 saturated heterocycles. The molecule has 13 heavy (non-hydrogen) atoms. The number of carbonyl (C=O) groups is 1. The molecule has 1 aromatic heterocycles. The quantitative estimate of drug-likeness (QED) is 0.578. The smallest absolute Gasteiger partial charge is 0.269 e. The van der Waals surface area contributed by atoms with E-state index in [1.54, 1.807) is 19.3 Å². The maximum Gasteiger partial charge on any atom is 0.269 e. The Balaban J connectivity index is 2.45. The Labute approximate surface area is 81.9 Å². The summed E-state index contributed by atoms with van der Waals surface area (Å²) in [6.07, 6.45) is 2.38. The van der Waals surface area contributed by atoms with E-state index in [2.05, 4.69) is 10.4 Å². The van der Waals surface area contributed by atoms with E-state index in [1.807, 2.05) is 0 Å². The van der Waals surface area contributed by atoms with Crippen molar-refractivity contribution in [2.45, 2.75) is 6.42 Å². The fourth-order valence-electron chi connectivity index (χ4n) is 0.956. The van der Waals surface area contributed by atoms with Gasteiger partial charge in [0, 0.05) is 25.7 Å². The highest BCUT2D eigenvalue weighted by atomic mass is 35.5. The Morgan fingerprint density at radius 1 is 1.77 bits per heavy atom. The Hall–Kier alpha value is -1.03. The van der Waals surface area contributed by atoms with Crippen molar-refractivity contribution in [2.75, 3.05) is 12.4 Å². The van der Waals surface area contributed by atoms with Gasteiger partial charge in [0.25, 0.3) is 5.91 Å². The number of aromatic nitrogens is 2. The van der Waals surface area contributed by atoms with Gasteiger partial charge in [0.15, 0.2) is 0 Å². The number of halogens is 1.